The number of hydrogen-bond donors (Lipinski definition) is 0. The molecule has 3 saturated carbocycles. The number of carbonyl (C=O) groups excluding carboxylic acids is 2. The second-order valence-electron chi connectivity index (χ2n) is 17.5. The highest BCUT2D eigenvalue weighted by molar-refractivity contribution is 6.04. The van der Waals surface area contributed by atoms with E-state index in [2.05, 4.69) is 47.6 Å². The van der Waals surface area contributed by atoms with Crippen LogP contribution in [0.3, 0.4) is 0 Å². The highest BCUT2D eigenvalue weighted by atomic mass is 19.1. The lowest BCUT2D eigenvalue weighted by Crippen LogP contribution is -2.68. The quantitative estimate of drug-likeness (QED) is 0.295. The third-order valence-corrected chi connectivity index (χ3v) is 14.5. The highest BCUT2D eigenvalue weighted by Gasteiger charge is 2.72. The number of Topliss-reactive ketones (excluding diaryl/α,β-unsaturated/α-hetero) is 1. The van der Waals surface area contributed by atoms with Crippen LogP contribution in [-0.4, -0.2) is 17.7 Å². The van der Waals surface area contributed by atoms with Gasteiger partial charge >= 0.3 is 0 Å². The van der Waals surface area contributed by atoms with Gasteiger partial charge in [-0.3, -0.25) is 9.59 Å². The third-order valence-electron chi connectivity index (χ3n) is 14.5. The van der Waals surface area contributed by atoms with Crippen molar-refractivity contribution in [2.24, 2.45) is 49.7 Å². The smallest absolute Gasteiger partial charge is 0.178 e. The number of unbranched alkanes of at least 4 members (excludes halogenated alkanes) is 1. The predicted molar refractivity (Wildman–Crippen MR) is 167 cm³/mol. The molecule has 0 amide bonds. The minimum absolute atomic E-state index is 0.0553. The monoisotopic (exact) mass is 577 g/mol. The van der Waals surface area contributed by atoms with E-state index in [-0.39, 0.29) is 56.1 Å². The van der Waals surface area contributed by atoms with Crippen LogP contribution in [0.1, 0.15) is 139 Å². The third kappa shape index (κ3) is 4.14. The molecule has 5 aliphatic carbocycles. The molecule has 5 aliphatic rings. The van der Waals surface area contributed by atoms with Crippen molar-refractivity contribution in [3.8, 4) is 6.07 Å². The van der Waals surface area contributed by atoms with Crippen LogP contribution in [0.15, 0.2) is 23.3 Å². The Kier molecular flexibility index (Phi) is 7.44. The SMILES string of the molecule is CCC(F)CCCC[C@]12CCC(C)(C)C[C@@]1(C)[C@H]1C(=O)C=C3[C@@]4(C)C=C(C#N)C(=O)C(C)(C)C4CC[C@@]3(C)[C@]1(C)CC2. The first-order valence-corrected chi connectivity index (χ1v) is 17.0. The fourth-order valence-electron chi connectivity index (χ4n) is 12.1. The summed E-state index contributed by atoms with van der Waals surface area (Å²) >= 11 is 0. The van der Waals surface area contributed by atoms with Gasteiger partial charge in [0.1, 0.15) is 6.07 Å². The van der Waals surface area contributed by atoms with E-state index in [9.17, 15) is 19.2 Å². The van der Waals surface area contributed by atoms with Gasteiger partial charge in [0.15, 0.2) is 11.6 Å². The molecule has 0 aliphatic heterocycles. The van der Waals surface area contributed by atoms with Crippen LogP contribution in [0.5, 0.6) is 0 Å². The normalized spacial score (nSPS) is 44.4. The number of rotatable bonds is 6. The maximum absolute atomic E-state index is 14.8. The Bertz CT molecular complexity index is 1270. The number of ketones is 2. The molecule has 0 spiro atoms. The largest absolute Gasteiger partial charge is 0.295 e. The minimum atomic E-state index is -0.704. The molecule has 0 bridgehead atoms. The maximum atomic E-state index is 14.8. The summed E-state index contributed by atoms with van der Waals surface area (Å²) in [6, 6.07) is 2.22. The highest BCUT2D eigenvalue weighted by Crippen LogP contribution is 2.78. The summed E-state index contributed by atoms with van der Waals surface area (Å²) in [6.45, 7) is 20.2. The Labute approximate surface area is 255 Å². The lowest BCUT2D eigenvalue weighted by Gasteiger charge is -2.72. The molecule has 0 aromatic carbocycles. The number of alkyl halides is 1. The number of fused-ring (bicyclic) bond motifs is 7. The van der Waals surface area contributed by atoms with Crippen LogP contribution >= 0.6 is 0 Å². The van der Waals surface area contributed by atoms with E-state index >= 15 is 0 Å². The van der Waals surface area contributed by atoms with Gasteiger partial charge in [-0.2, -0.15) is 5.26 Å². The van der Waals surface area contributed by atoms with Crippen molar-refractivity contribution in [2.45, 2.75) is 146 Å². The second kappa shape index (κ2) is 9.87. The number of nitriles is 1. The second-order valence-corrected chi connectivity index (χ2v) is 17.5. The lowest BCUT2D eigenvalue weighted by molar-refractivity contribution is -0.208. The summed E-state index contributed by atoms with van der Waals surface area (Å²) in [4.78, 5) is 28.1. The van der Waals surface area contributed by atoms with Gasteiger partial charge in [-0.05, 0) is 103 Å². The van der Waals surface area contributed by atoms with Crippen LogP contribution in [0, 0.1) is 61.1 Å². The first-order valence-electron chi connectivity index (χ1n) is 17.0. The van der Waals surface area contributed by atoms with Crippen molar-refractivity contribution in [1.29, 1.82) is 5.26 Å². The van der Waals surface area contributed by atoms with Crippen LogP contribution in [0.25, 0.3) is 0 Å². The zero-order valence-corrected chi connectivity index (χ0v) is 28.0. The molecule has 42 heavy (non-hydrogen) atoms. The molecule has 8 atom stereocenters. The maximum Gasteiger partial charge on any atom is 0.178 e. The minimum Gasteiger partial charge on any atom is -0.295 e. The first-order chi connectivity index (χ1) is 19.4. The van der Waals surface area contributed by atoms with E-state index in [0.29, 0.717) is 12.8 Å². The molecular formula is C38H56FNO2. The Morgan fingerprint density at radius 1 is 0.952 bits per heavy atom. The molecular weight excluding hydrogens is 521 g/mol. The molecule has 0 heterocycles. The summed E-state index contributed by atoms with van der Waals surface area (Å²) in [5, 5.41) is 9.98. The molecule has 232 valence electrons. The van der Waals surface area contributed by atoms with Crippen molar-refractivity contribution in [1.82, 2.24) is 0 Å². The summed E-state index contributed by atoms with van der Waals surface area (Å²) < 4.78 is 14.1. The molecule has 0 N–H and O–H groups in total. The number of nitrogens with zero attached hydrogens (tertiary/aromatic N) is 1. The predicted octanol–water partition coefficient (Wildman–Crippen LogP) is 9.90. The van der Waals surface area contributed by atoms with Crippen LogP contribution in [-0.2, 0) is 9.59 Å². The van der Waals surface area contributed by atoms with Gasteiger partial charge in [-0.15, -0.1) is 0 Å². The van der Waals surface area contributed by atoms with Gasteiger partial charge < -0.3 is 0 Å². The van der Waals surface area contributed by atoms with E-state index < -0.39 is 17.0 Å². The fraction of sp³-hybridized carbons (Fsp3) is 0.816. The van der Waals surface area contributed by atoms with Crippen molar-refractivity contribution < 1.29 is 14.0 Å². The van der Waals surface area contributed by atoms with E-state index in [4.69, 9.17) is 0 Å². The van der Waals surface area contributed by atoms with Crippen molar-refractivity contribution >= 4 is 11.6 Å². The van der Waals surface area contributed by atoms with Gasteiger partial charge in [0.25, 0.3) is 0 Å². The van der Waals surface area contributed by atoms with E-state index in [1.54, 1.807) is 0 Å². The molecule has 4 heteroatoms. The van der Waals surface area contributed by atoms with Crippen LogP contribution in [0.2, 0.25) is 0 Å². The molecule has 0 aromatic heterocycles. The zero-order valence-electron chi connectivity index (χ0n) is 28.0. The molecule has 3 nitrogen and oxygen atoms in total. The first kappa shape index (κ1) is 31.7. The van der Waals surface area contributed by atoms with Crippen molar-refractivity contribution in [3.63, 3.8) is 0 Å². The van der Waals surface area contributed by atoms with Gasteiger partial charge in [-0.1, -0.05) is 86.8 Å². The fourth-order valence-corrected chi connectivity index (χ4v) is 12.1. The van der Waals surface area contributed by atoms with Gasteiger partial charge in [0.2, 0.25) is 0 Å². The molecule has 0 radical (unpaired) electrons. The molecule has 0 saturated heterocycles. The number of hydrogen-bond acceptors (Lipinski definition) is 3. The summed E-state index contributed by atoms with van der Waals surface area (Å²) in [6.07, 6.45) is 15.0. The Morgan fingerprint density at radius 2 is 1.62 bits per heavy atom. The van der Waals surface area contributed by atoms with E-state index in [0.717, 1.165) is 57.8 Å². The number of allylic oxidation sites excluding steroid dienone is 4. The van der Waals surface area contributed by atoms with Crippen molar-refractivity contribution in [3.05, 3.63) is 23.3 Å². The lowest BCUT2D eigenvalue weighted by atomic mass is 9.30. The topological polar surface area (TPSA) is 57.9 Å². The van der Waals surface area contributed by atoms with Crippen LogP contribution < -0.4 is 0 Å². The number of halogens is 1. The summed E-state index contributed by atoms with van der Waals surface area (Å²) in [5.41, 5.74) is 0.0466. The van der Waals surface area contributed by atoms with Crippen molar-refractivity contribution in [2.75, 3.05) is 0 Å². The van der Waals surface area contributed by atoms with E-state index in [1.165, 1.54) is 12.0 Å². The summed E-state index contributed by atoms with van der Waals surface area (Å²) in [5.74, 6) is 0.221. The number of carbonyl (C=O) groups is 2. The standard InChI is InChI=1S/C38H56FNO2/c1-10-26(39)13-11-12-15-38-19-17-32(2,3)24-37(38,9)30-27(41)21-29-34(6)22-25(23-40)31(42)33(4,5)28(34)14-16-35(29,7)36(30,8)18-20-38/h21-22,26,28,30H,10-20,24H2,1-9H3/t26?,28?,30-,34-,35+,36+,37-,38+/m0/s1. The van der Waals surface area contributed by atoms with Gasteiger partial charge in [0, 0.05) is 16.7 Å². The van der Waals surface area contributed by atoms with Crippen LogP contribution in [0.4, 0.5) is 4.39 Å². The Morgan fingerprint density at radius 3 is 2.26 bits per heavy atom. The Hall–Kier alpha value is -1.76. The molecule has 5 rings (SSSR count). The summed E-state index contributed by atoms with van der Waals surface area (Å²) in [7, 11) is 0. The van der Waals surface area contributed by atoms with E-state index in [1.807, 2.05) is 32.9 Å². The van der Waals surface area contributed by atoms with Gasteiger partial charge in [-0.25, -0.2) is 4.39 Å². The molecule has 2 unspecified atom stereocenters. The molecule has 0 aromatic rings. The zero-order chi connectivity index (χ0) is 31.1. The average Bonchev–Trinajstić information content (AvgIpc) is 2.90. The van der Waals surface area contributed by atoms with Gasteiger partial charge in [0.05, 0.1) is 11.7 Å². The Balaban J connectivity index is 1.61. The average molecular weight is 578 g/mol. The molecule has 3 fully saturated rings.